The molecule has 9 heteroatoms. The number of nitrogens with zero attached hydrogens (tertiary/aromatic N) is 3. The van der Waals surface area contributed by atoms with Gasteiger partial charge in [0.25, 0.3) is 0 Å². The molecular formula is C25H27F3N4O2. The molecule has 5 rings (SSSR count). The molecule has 34 heavy (non-hydrogen) atoms. The highest BCUT2D eigenvalue weighted by molar-refractivity contribution is 5.94. The van der Waals surface area contributed by atoms with Crippen molar-refractivity contribution in [2.45, 2.75) is 45.5 Å². The Labute approximate surface area is 196 Å². The Morgan fingerprint density at radius 1 is 1.15 bits per heavy atom. The smallest absolute Gasteiger partial charge is 0.416 e. The third-order valence-electron chi connectivity index (χ3n) is 6.63. The predicted molar refractivity (Wildman–Crippen MR) is 125 cm³/mol. The van der Waals surface area contributed by atoms with Crippen LogP contribution in [0.3, 0.4) is 0 Å². The molecule has 2 aromatic carbocycles. The topological polar surface area (TPSA) is 59.5 Å². The first kappa shape index (κ1) is 22.7. The van der Waals surface area contributed by atoms with Crippen LogP contribution in [-0.4, -0.2) is 42.4 Å². The second kappa shape index (κ2) is 8.61. The van der Waals surface area contributed by atoms with Gasteiger partial charge in [-0.05, 0) is 50.5 Å². The lowest BCUT2D eigenvalue weighted by atomic mass is 9.97. The van der Waals surface area contributed by atoms with Crippen LogP contribution in [0.5, 0.6) is 5.75 Å². The Bertz CT molecular complexity index is 1220. The van der Waals surface area contributed by atoms with Gasteiger partial charge in [0, 0.05) is 18.1 Å². The predicted octanol–water partition coefficient (Wildman–Crippen LogP) is 5.43. The van der Waals surface area contributed by atoms with Crippen LogP contribution in [0.1, 0.15) is 41.9 Å². The summed E-state index contributed by atoms with van der Waals surface area (Å²) in [7, 11) is 0. The van der Waals surface area contributed by atoms with E-state index in [0.29, 0.717) is 30.4 Å². The molecule has 6 nitrogen and oxygen atoms in total. The Hall–Kier alpha value is -3.07. The first-order chi connectivity index (χ1) is 16.2. The maximum Gasteiger partial charge on any atom is 0.416 e. The molecule has 3 heterocycles. The largest absolute Gasteiger partial charge is 0.489 e. The molecule has 2 aliphatic heterocycles. The van der Waals surface area contributed by atoms with E-state index in [1.54, 1.807) is 13.0 Å². The van der Waals surface area contributed by atoms with Crippen LogP contribution in [0.25, 0.3) is 10.9 Å². The number of hydrogen-bond donors (Lipinski definition) is 1. The van der Waals surface area contributed by atoms with Gasteiger partial charge < -0.3 is 19.7 Å². The second-order valence-electron chi connectivity index (χ2n) is 8.90. The molecule has 2 aliphatic rings. The molecule has 1 N–H and O–H groups in total. The van der Waals surface area contributed by atoms with Gasteiger partial charge in [0.15, 0.2) is 0 Å². The third kappa shape index (κ3) is 4.13. The molecule has 1 aromatic heterocycles. The maximum absolute atomic E-state index is 13.4. The van der Waals surface area contributed by atoms with E-state index in [-0.39, 0.29) is 11.6 Å². The molecule has 1 unspecified atom stereocenters. The molecule has 180 valence electrons. The van der Waals surface area contributed by atoms with Crippen molar-refractivity contribution < 1.29 is 22.6 Å². The van der Waals surface area contributed by atoms with Gasteiger partial charge in [0.05, 0.1) is 42.0 Å². The Kier molecular flexibility index (Phi) is 5.75. The zero-order chi connectivity index (χ0) is 24.0. The third-order valence-corrected chi connectivity index (χ3v) is 6.63. The summed E-state index contributed by atoms with van der Waals surface area (Å²) in [5.41, 5.74) is 1.86. The van der Waals surface area contributed by atoms with Gasteiger partial charge in [0.1, 0.15) is 24.0 Å². The van der Waals surface area contributed by atoms with Crippen LogP contribution in [0.4, 0.5) is 24.7 Å². The van der Waals surface area contributed by atoms with Gasteiger partial charge in [0.2, 0.25) is 0 Å². The standard InChI is InChI=1S/C25H27F3N4O2/c1-14-18(5-4-6-20(14)25(26,27)28)15(2)29-24-19-11-22-23(12-21(19)30-16(3)31-24)34-10-8-32(22)17-7-9-33-13-17/h4-6,11-12,15,17H,7-10,13H2,1-3H3,(H,29,30,31)/t15-,17?/m1/s1. The molecule has 0 aliphatic carbocycles. The minimum absolute atomic E-state index is 0.211. The number of nitrogens with one attached hydrogen (secondary N) is 1. The van der Waals surface area contributed by atoms with Crippen LogP contribution in [0.2, 0.25) is 0 Å². The van der Waals surface area contributed by atoms with Crippen molar-refractivity contribution in [2.75, 3.05) is 36.6 Å². The van der Waals surface area contributed by atoms with Gasteiger partial charge in [-0.1, -0.05) is 12.1 Å². The second-order valence-corrected chi connectivity index (χ2v) is 8.90. The zero-order valence-electron chi connectivity index (χ0n) is 19.4. The number of aromatic nitrogens is 2. The highest BCUT2D eigenvalue weighted by atomic mass is 19.4. The quantitative estimate of drug-likeness (QED) is 0.547. The zero-order valence-corrected chi connectivity index (χ0v) is 19.4. The molecule has 0 radical (unpaired) electrons. The van der Waals surface area contributed by atoms with Crippen molar-refractivity contribution in [3.63, 3.8) is 0 Å². The van der Waals surface area contributed by atoms with E-state index in [4.69, 9.17) is 9.47 Å². The van der Waals surface area contributed by atoms with E-state index in [1.807, 2.05) is 19.1 Å². The maximum atomic E-state index is 13.4. The van der Waals surface area contributed by atoms with E-state index < -0.39 is 17.8 Å². The van der Waals surface area contributed by atoms with Crippen LogP contribution in [0, 0.1) is 13.8 Å². The van der Waals surface area contributed by atoms with Crippen LogP contribution < -0.4 is 15.0 Å². The number of alkyl halides is 3. The molecule has 0 saturated carbocycles. The number of fused-ring (bicyclic) bond motifs is 2. The highest BCUT2D eigenvalue weighted by Crippen LogP contribution is 2.40. The molecule has 0 spiro atoms. The first-order valence-electron chi connectivity index (χ1n) is 11.4. The summed E-state index contributed by atoms with van der Waals surface area (Å²) in [5, 5.41) is 4.15. The molecule has 0 amide bonds. The Morgan fingerprint density at radius 3 is 2.71 bits per heavy atom. The average molecular weight is 473 g/mol. The van der Waals surface area contributed by atoms with Gasteiger partial charge >= 0.3 is 6.18 Å². The number of rotatable bonds is 4. The summed E-state index contributed by atoms with van der Waals surface area (Å²) in [5.74, 6) is 1.93. The summed E-state index contributed by atoms with van der Waals surface area (Å²) in [4.78, 5) is 11.5. The summed E-state index contributed by atoms with van der Waals surface area (Å²) in [6, 6.07) is 8.12. The van der Waals surface area contributed by atoms with Crippen molar-refractivity contribution in [3.05, 3.63) is 52.8 Å². The van der Waals surface area contributed by atoms with Crippen LogP contribution >= 0.6 is 0 Å². The first-order valence-corrected chi connectivity index (χ1v) is 11.4. The number of benzene rings is 2. The van der Waals surface area contributed by atoms with E-state index in [0.717, 1.165) is 48.0 Å². The fourth-order valence-corrected chi connectivity index (χ4v) is 4.95. The number of anilines is 2. The Balaban J connectivity index is 1.54. The summed E-state index contributed by atoms with van der Waals surface area (Å²) >= 11 is 0. The van der Waals surface area contributed by atoms with Crippen molar-refractivity contribution in [2.24, 2.45) is 0 Å². The van der Waals surface area contributed by atoms with Gasteiger partial charge in [-0.3, -0.25) is 0 Å². The molecule has 1 fully saturated rings. The lowest BCUT2D eigenvalue weighted by Gasteiger charge is -2.35. The van der Waals surface area contributed by atoms with E-state index >= 15 is 0 Å². The molecule has 0 bridgehead atoms. The number of halogens is 3. The van der Waals surface area contributed by atoms with Gasteiger partial charge in [-0.2, -0.15) is 13.2 Å². The minimum Gasteiger partial charge on any atom is -0.489 e. The van der Waals surface area contributed by atoms with Gasteiger partial charge in [-0.25, -0.2) is 9.97 Å². The van der Waals surface area contributed by atoms with Crippen molar-refractivity contribution in [3.8, 4) is 5.75 Å². The molecular weight excluding hydrogens is 445 g/mol. The van der Waals surface area contributed by atoms with E-state index in [2.05, 4.69) is 20.2 Å². The highest BCUT2D eigenvalue weighted by Gasteiger charge is 2.33. The average Bonchev–Trinajstić information content (AvgIpc) is 3.31. The lowest BCUT2D eigenvalue weighted by molar-refractivity contribution is -0.138. The normalized spacial score (nSPS) is 19.1. The number of aryl methyl sites for hydroxylation is 1. The number of ether oxygens (including phenoxy) is 2. The SMILES string of the molecule is Cc1nc(N[C@H](C)c2cccc(C(F)(F)F)c2C)c2cc3c(cc2n1)OCCN3C1CCOC1. The lowest BCUT2D eigenvalue weighted by Crippen LogP contribution is -2.41. The monoisotopic (exact) mass is 472 g/mol. The molecule has 2 atom stereocenters. The molecule has 1 saturated heterocycles. The van der Waals surface area contributed by atoms with E-state index in [9.17, 15) is 13.2 Å². The van der Waals surface area contributed by atoms with Crippen molar-refractivity contribution >= 4 is 22.4 Å². The summed E-state index contributed by atoms with van der Waals surface area (Å²) in [6.45, 7) is 7.93. The fourth-order valence-electron chi connectivity index (χ4n) is 4.95. The van der Waals surface area contributed by atoms with Crippen molar-refractivity contribution in [1.82, 2.24) is 9.97 Å². The van der Waals surface area contributed by atoms with Gasteiger partial charge in [-0.15, -0.1) is 0 Å². The van der Waals surface area contributed by atoms with Crippen LogP contribution in [-0.2, 0) is 10.9 Å². The fraction of sp³-hybridized carbons (Fsp3) is 0.440. The van der Waals surface area contributed by atoms with E-state index in [1.165, 1.54) is 13.0 Å². The number of hydrogen-bond acceptors (Lipinski definition) is 6. The summed E-state index contributed by atoms with van der Waals surface area (Å²) in [6.07, 6.45) is -3.44. The van der Waals surface area contributed by atoms with Crippen LogP contribution in [0.15, 0.2) is 30.3 Å². The minimum atomic E-state index is -4.40. The summed E-state index contributed by atoms with van der Waals surface area (Å²) < 4.78 is 51.9. The Morgan fingerprint density at radius 2 is 1.97 bits per heavy atom. The van der Waals surface area contributed by atoms with Crippen molar-refractivity contribution in [1.29, 1.82) is 0 Å². The molecule has 3 aromatic rings.